The number of halogens is 2. The highest BCUT2D eigenvalue weighted by atomic mass is 35.5. The molecule has 5 aromatic rings. The van der Waals surface area contributed by atoms with Crippen LogP contribution in [0.5, 0.6) is 11.5 Å². The molecule has 0 aliphatic carbocycles. The maximum Gasteiger partial charge on any atom is 0.338 e. The third kappa shape index (κ3) is 14.0. The van der Waals surface area contributed by atoms with Gasteiger partial charge in [0.05, 0.1) is 25.6 Å². The zero-order chi connectivity index (χ0) is 66.6. The number of fused-ring (bicyclic) bond motifs is 6. The molecule has 2 saturated heterocycles. The van der Waals surface area contributed by atoms with Crippen molar-refractivity contribution in [1.29, 1.82) is 0 Å². The number of anilines is 3. The molecule has 6 amide bonds. The fourth-order valence-corrected chi connectivity index (χ4v) is 12.6. The number of esters is 2. The number of hydrogen-bond acceptors (Lipinski definition) is 20. The van der Waals surface area contributed by atoms with Gasteiger partial charge in [0.2, 0.25) is 24.4 Å². The van der Waals surface area contributed by atoms with Crippen molar-refractivity contribution >= 4 is 121 Å². The van der Waals surface area contributed by atoms with Crippen molar-refractivity contribution in [3.05, 3.63) is 125 Å². The fourth-order valence-electron chi connectivity index (χ4n) is 12.1. The maximum atomic E-state index is 14.6. The minimum absolute atomic E-state index is 0.0451. The molecule has 5 aliphatic rings. The van der Waals surface area contributed by atoms with Gasteiger partial charge in [-0.3, -0.25) is 33.7 Å². The molecule has 2 fully saturated rings. The van der Waals surface area contributed by atoms with Gasteiger partial charge in [-0.1, -0.05) is 67.1 Å². The van der Waals surface area contributed by atoms with E-state index in [1.807, 2.05) is 0 Å². The zero-order valence-electron chi connectivity index (χ0n) is 50.6. The van der Waals surface area contributed by atoms with E-state index in [1.165, 1.54) is 46.3 Å². The van der Waals surface area contributed by atoms with Crippen LogP contribution < -0.4 is 29.9 Å². The van der Waals surface area contributed by atoms with E-state index in [1.54, 1.807) is 78.9 Å². The smallest absolute Gasteiger partial charge is 0.338 e. The van der Waals surface area contributed by atoms with Gasteiger partial charge in [0, 0.05) is 116 Å². The van der Waals surface area contributed by atoms with Crippen molar-refractivity contribution in [2.24, 2.45) is 0 Å². The molecule has 0 aromatic heterocycles. The molecule has 5 aliphatic heterocycles. The number of aliphatic hydroxyl groups excluding tert-OH is 5. The number of nitrogens with one attached hydrogen (secondary N) is 2. The molecule has 93 heavy (non-hydrogen) atoms. The zero-order valence-corrected chi connectivity index (χ0v) is 52.1. The average Bonchev–Trinajstić information content (AvgIpc) is 1.68. The van der Waals surface area contributed by atoms with Crippen LogP contribution in [0.25, 0.3) is 33.7 Å². The van der Waals surface area contributed by atoms with Crippen molar-refractivity contribution in [2.45, 2.75) is 112 Å². The molecule has 492 valence electrons. The first-order valence-corrected chi connectivity index (χ1v) is 31.0. The van der Waals surface area contributed by atoms with Crippen molar-refractivity contribution in [3.8, 4) is 11.5 Å². The van der Waals surface area contributed by atoms with Gasteiger partial charge in [0.1, 0.15) is 47.6 Å². The lowest BCUT2D eigenvalue weighted by molar-refractivity contribution is -0.300. The number of methoxy groups -OCH3 is 2. The molecule has 10 rings (SSSR count). The maximum absolute atomic E-state index is 14.6. The number of imide groups is 1. The van der Waals surface area contributed by atoms with Gasteiger partial charge in [-0.2, -0.15) is 0 Å². The summed E-state index contributed by atoms with van der Waals surface area (Å²) in [5.41, 5.74) is 0.898. The summed E-state index contributed by atoms with van der Waals surface area (Å²) in [6.07, 6.45) is -6.67. The Kier molecular flexibility index (Phi) is 21.0. The summed E-state index contributed by atoms with van der Waals surface area (Å²) < 4.78 is 33.4. The van der Waals surface area contributed by atoms with Crippen molar-refractivity contribution in [2.75, 3.05) is 67.3 Å². The number of nitrogens with zero attached hydrogens (tertiary/aromatic N) is 3. The van der Waals surface area contributed by atoms with E-state index in [-0.39, 0.29) is 97.5 Å². The highest BCUT2D eigenvalue weighted by Crippen LogP contribution is 2.48. The molecule has 5 aromatic carbocycles. The number of benzene rings is 5. The van der Waals surface area contributed by atoms with Crippen LogP contribution in [0, 0.1) is 0 Å². The first-order valence-electron chi connectivity index (χ1n) is 30.0. The third-order valence-electron chi connectivity index (χ3n) is 17.1. The van der Waals surface area contributed by atoms with Crippen molar-refractivity contribution < 1.29 is 97.4 Å². The normalized spacial score (nSPS) is 25.8. The molecule has 0 radical (unpaired) electrons. The van der Waals surface area contributed by atoms with Gasteiger partial charge in [0.15, 0.2) is 12.2 Å². The van der Waals surface area contributed by atoms with Crippen molar-refractivity contribution in [1.82, 2.24) is 10.2 Å². The number of amides is 6. The van der Waals surface area contributed by atoms with E-state index in [4.69, 9.17) is 51.6 Å². The Bertz CT molecular complexity index is 3820. The molecular formula is C66H69Cl2N5O20. The number of carbonyl (C=O) groups excluding carboxylic acids is 8. The van der Waals surface area contributed by atoms with E-state index in [9.17, 15) is 69.0 Å². The lowest BCUT2D eigenvalue weighted by atomic mass is 9.86. The van der Waals surface area contributed by atoms with Crippen LogP contribution in [0.3, 0.4) is 0 Å². The van der Waals surface area contributed by atoms with Crippen LogP contribution >= 0.6 is 23.2 Å². The predicted molar refractivity (Wildman–Crippen MR) is 338 cm³/mol. The number of ether oxygens (including phenoxy) is 6. The second-order valence-corrected chi connectivity index (χ2v) is 23.8. The van der Waals surface area contributed by atoms with E-state index < -0.39 is 90.6 Å². The highest BCUT2D eigenvalue weighted by Gasteiger charge is 2.56. The van der Waals surface area contributed by atoms with Gasteiger partial charge >= 0.3 is 11.9 Å². The monoisotopic (exact) mass is 1320 g/mol. The van der Waals surface area contributed by atoms with E-state index in [2.05, 4.69) is 10.6 Å². The van der Waals surface area contributed by atoms with E-state index in [0.717, 1.165) is 31.6 Å². The molecule has 5 heterocycles. The van der Waals surface area contributed by atoms with Crippen LogP contribution in [-0.4, -0.2) is 196 Å². The molecule has 0 spiro atoms. The molecule has 25 nitrogen and oxygen atoms in total. The second kappa shape index (κ2) is 28.9. The summed E-state index contributed by atoms with van der Waals surface area (Å²) in [4.78, 5) is 109. The number of rotatable bonds is 22. The Morgan fingerprint density at radius 1 is 0.645 bits per heavy atom. The van der Waals surface area contributed by atoms with Crippen LogP contribution in [0.1, 0.15) is 73.1 Å². The van der Waals surface area contributed by atoms with Gasteiger partial charge in [-0.15, -0.1) is 23.2 Å². The summed E-state index contributed by atoms with van der Waals surface area (Å²) >= 11 is 13.2. The van der Waals surface area contributed by atoms with Gasteiger partial charge in [-0.05, 0) is 71.0 Å². The van der Waals surface area contributed by atoms with Crippen LogP contribution in [0.15, 0.2) is 103 Å². The minimum atomic E-state index is -2.27. The predicted octanol–water partition coefficient (Wildman–Crippen LogP) is 3.80. The summed E-state index contributed by atoms with van der Waals surface area (Å²) in [5, 5.41) is 73.3. The Morgan fingerprint density at radius 2 is 1.19 bits per heavy atom. The number of carbonyl (C=O) groups is 8. The number of unbranched alkanes of at least 4 members (excludes halogenated alkanes) is 2. The number of alkyl halides is 2. The topological polar surface area (TPSA) is 347 Å². The Morgan fingerprint density at radius 3 is 1.75 bits per heavy atom. The SMILES string of the molecule is COC(=O)C1OC(Oc2cc3c(c4ccccc24)C(CCl)CN3C(=O)C=Cc2ccc(C=CC(=O)N3CC(CCl)c4c3cc(OC3OC(C(=O)OC)C(C)(O)C(O)C3O)c3ccccc43)cc2NC(=O)CCNC(=O)CCCCCN2C(=O)C=CC2=O)C(O)C(O)C1O. The quantitative estimate of drug-likeness (QED) is 0.0161. The number of aliphatic hydroxyl groups is 6. The first kappa shape index (κ1) is 67.5. The highest BCUT2D eigenvalue weighted by molar-refractivity contribution is 6.20. The Balaban J connectivity index is 0.905. The molecule has 8 N–H and O–H groups in total. The first-order chi connectivity index (χ1) is 44.6. The van der Waals surface area contributed by atoms with Crippen molar-refractivity contribution in [3.63, 3.8) is 0 Å². The van der Waals surface area contributed by atoms with Crippen LogP contribution in [-0.2, 0) is 57.3 Å². The molecule has 0 bridgehead atoms. The van der Waals surface area contributed by atoms with Gasteiger partial charge in [0.25, 0.3) is 23.6 Å². The summed E-state index contributed by atoms with van der Waals surface area (Å²) in [5.74, 6) is -5.06. The van der Waals surface area contributed by atoms with Crippen LogP contribution in [0.2, 0.25) is 0 Å². The van der Waals surface area contributed by atoms with E-state index in [0.29, 0.717) is 68.9 Å². The largest absolute Gasteiger partial charge is 0.467 e. The summed E-state index contributed by atoms with van der Waals surface area (Å²) in [7, 11) is 2.13. The molecule has 12 unspecified atom stereocenters. The summed E-state index contributed by atoms with van der Waals surface area (Å²) in [6.45, 7) is 1.54. The average molecular weight is 1320 g/mol. The lowest BCUT2D eigenvalue weighted by Gasteiger charge is -2.45. The van der Waals surface area contributed by atoms with Gasteiger partial charge < -0.3 is 79.5 Å². The van der Waals surface area contributed by atoms with E-state index >= 15 is 0 Å². The third-order valence-corrected chi connectivity index (χ3v) is 17.8. The second-order valence-electron chi connectivity index (χ2n) is 23.2. The number of hydrogen-bond donors (Lipinski definition) is 8. The molecule has 27 heteroatoms. The molecule has 0 saturated carbocycles. The fraction of sp³-hybridized carbons (Fsp3) is 0.394. The minimum Gasteiger partial charge on any atom is -0.467 e. The Hall–Kier alpha value is -8.34. The molecule has 12 atom stereocenters. The standard InChI is InChI=1S/C66H69Cl2N5O20/c1-66(87)60(84)58(83)65(93-61(66)63(86)89-3)91-46-29-43-53(41-14-9-7-12-39(41)46)36(30-67)32-72(43)51(78)20-17-34-16-18-35(42(27-34)70-48(75)24-25-69-47(74)15-5-4-10-26-71-49(76)22-23-50(71)77)19-21-52(79)73-33-37(31-68)54-40-13-8-6-11-38(40)45(28-44(54)73)90-64-57(82)55(80)56(81)59(92-64)62(85)88-2/h6-9,11-14,16-23,27-29,36-37,55-61,64-65,80-84,87H,4-5,10,15,24-26,30-33H2,1-3H3,(H,69,74)(H,70,75). The lowest BCUT2D eigenvalue weighted by Crippen LogP contribution is -2.67. The Labute approximate surface area is 542 Å². The molecular weight excluding hydrogens is 1250 g/mol. The van der Waals surface area contributed by atoms with Crippen LogP contribution in [0.4, 0.5) is 17.1 Å². The van der Waals surface area contributed by atoms with Gasteiger partial charge in [-0.25, -0.2) is 9.59 Å². The summed E-state index contributed by atoms with van der Waals surface area (Å²) in [6, 6.07) is 22.1.